The molecule has 7 heteroatoms. The van der Waals surface area contributed by atoms with Gasteiger partial charge >= 0.3 is 0 Å². The highest BCUT2D eigenvalue weighted by Gasteiger charge is 1.93. The summed E-state index contributed by atoms with van der Waals surface area (Å²) in [5.41, 5.74) is 0. The van der Waals surface area contributed by atoms with Crippen LogP contribution in [0, 0.1) is 0 Å². The molecule has 0 aromatic rings. The molecule has 0 fully saturated rings. The van der Waals surface area contributed by atoms with E-state index in [0.29, 0.717) is 79.3 Å². The lowest BCUT2D eigenvalue weighted by atomic mass is 10.2. The topological polar surface area (TPSA) is 75.6 Å². The fraction of sp³-hybridized carbons (Fsp3) is 0.800. The van der Waals surface area contributed by atoms with Crippen molar-refractivity contribution < 1.29 is 33.5 Å². The standard InChI is InChI=1S/C20H38O7/c1-2-3-4-5-6-7-9-22-11-13-24-15-17-26-19-20-27-18-16-25-14-12-23-10-8-21/h2,6-7,21H,1,3-5,8-20H2. The summed E-state index contributed by atoms with van der Waals surface area (Å²) in [6.45, 7) is 10.1. The van der Waals surface area contributed by atoms with Crippen molar-refractivity contribution in [2.24, 2.45) is 0 Å². The minimum atomic E-state index is 0.0382. The Hall–Kier alpha value is -0.800. The molecule has 1 N–H and O–H groups in total. The van der Waals surface area contributed by atoms with Crippen molar-refractivity contribution in [1.82, 2.24) is 0 Å². The zero-order chi connectivity index (χ0) is 19.7. The fourth-order valence-electron chi connectivity index (χ4n) is 1.88. The summed E-state index contributed by atoms with van der Waals surface area (Å²) in [6.07, 6.45) is 9.39. The van der Waals surface area contributed by atoms with E-state index >= 15 is 0 Å². The predicted molar refractivity (Wildman–Crippen MR) is 105 cm³/mol. The van der Waals surface area contributed by atoms with Crippen LogP contribution in [0.4, 0.5) is 0 Å². The van der Waals surface area contributed by atoms with Crippen molar-refractivity contribution in [2.45, 2.75) is 19.3 Å². The van der Waals surface area contributed by atoms with E-state index in [-0.39, 0.29) is 6.61 Å². The smallest absolute Gasteiger partial charge is 0.0704 e. The molecule has 0 aliphatic heterocycles. The highest BCUT2D eigenvalue weighted by atomic mass is 16.6. The minimum Gasteiger partial charge on any atom is -0.394 e. The molecule has 0 heterocycles. The van der Waals surface area contributed by atoms with E-state index in [1.165, 1.54) is 0 Å². The molecule has 0 bridgehead atoms. The quantitative estimate of drug-likeness (QED) is 0.211. The molecule has 0 spiro atoms. The van der Waals surface area contributed by atoms with E-state index in [1.807, 2.05) is 12.2 Å². The van der Waals surface area contributed by atoms with E-state index < -0.39 is 0 Å². The second-order valence-corrected chi connectivity index (χ2v) is 5.55. The monoisotopic (exact) mass is 390 g/mol. The van der Waals surface area contributed by atoms with Crippen LogP contribution in [-0.2, 0) is 28.4 Å². The number of hydrogen-bond donors (Lipinski definition) is 1. The maximum absolute atomic E-state index is 8.52. The number of aliphatic hydroxyl groups excluding tert-OH is 1. The number of rotatable bonds is 23. The average molecular weight is 391 g/mol. The van der Waals surface area contributed by atoms with Gasteiger partial charge in [0.05, 0.1) is 85.9 Å². The van der Waals surface area contributed by atoms with E-state index in [1.54, 1.807) is 0 Å². The Morgan fingerprint density at radius 3 is 1.44 bits per heavy atom. The van der Waals surface area contributed by atoms with E-state index in [4.69, 9.17) is 33.5 Å². The zero-order valence-corrected chi connectivity index (χ0v) is 16.6. The van der Waals surface area contributed by atoms with Crippen molar-refractivity contribution in [3.05, 3.63) is 24.8 Å². The first-order valence-corrected chi connectivity index (χ1v) is 9.75. The highest BCUT2D eigenvalue weighted by Crippen LogP contribution is 1.96. The normalized spacial score (nSPS) is 11.4. The summed E-state index contributed by atoms with van der Waals surface area (Å²) in [7, 11) is 0. The number of ether oxygens (including phenoxy) is 6. The van der Waals surface area contributed by atoms with Crippen molar-refractivity contribution >= 4 is 0 Å². The highest BCUT2D eigenvalue weighted by molar-refractivity contribution is 4.82. The van der Waals surface area contributed by atoms with Gasteiger partial charge in [0.2, 0.25) is 0 Å². The first kappa shape index (κ1) is 26.2. The van der Waals surface area contributed by atoms with Gasteiger partial charge in [-0.3, -0.25) is 0 Å². The third-order valence-corrected chi connectivity index (χ3v) is 3.26. The molecular weight excluding hydrogens is 352 g/mol. The van der Waals surface area contributed by atoms with Crippen LogP contribution in [0.5, 0.6) is 0 Å². The van der Waals surface area contributed by atoms with Crippen LogP contribution in [0.2, 0.25) is 0 Å². The van der Waals surface area contributed by atoms with Gasteiger partial charge in [0.15, 0.2) is 0 Å². The molecule has 0 aromatic carbocycles. The van der Waals surface area contributed by atoms with Gasteiger partial charge in [0, 0.05) is 0 Å². The van der Waals surface area contributed by atoms with Crippen LogP contribution in [-0.4, -0.2) is 91.0 Å². The molecule has 27 heavy (non-hydrogen) atoms. The van der Waals surface area contributed by atoms with Crippen LogP contribution in [0.1, 0.15) is 19.3 Å². The number of allylic oxidation sites excluding steroid dienone is 2. The van der Waals surface area contributed by atoms with Gasteiger partial charge in [-0.25, -0.2) is 0 Å². The Balaban J connectivity index is 3.02. The van der Waals surface area contributed by atoms with Crippen molar-refractivity contribution in [1.29, 1.82) is 0 Å². The molecule has 7 nitrogen and oxygen atoms in total. The second-order valence-electron chi connectivity index (χ2n) is 5.55. The van der Waals surface area contributed by atoms with E-state index in [2.05, 4.69) is 12.7 Å². The summed E-state index contributed by atoms with van der Waals surface area (Å²) in [5.74, 6) is 0. The Morgan fingerprint density at radius 2 is 1.00 bits per heavy atom. The van der Waals surface area contributed by atoms with Gasteiger partial charge < -0.3 is 33.5 Å². The molecule has 0 saturated carbocycles. The maximum Gasteiger partial charge on any atom is 0.0704 e. The first-order valence-electron chi connectivity index (χ1n) is 9.75. The Kier molecular flexibility index (Phi) is 24.5. The van der Waals surface area contributed by atoms with Gasteiger partial charge in [-0.15, -0.1) is 6.58 Å². The van der Waals surface area contributed by atoms with Gasteiger partial charge in [-0.05, 0) is 19.3 Å². The third kappa shape index (κ3) is 25.2. The molecule has 0 amide bonds. The third-order valence-electron chi connectivity index (χ3n) is 3.26. The van der Waals surface area contributed by atoms with E-state index in [9.17, 15) is 0 Å². The van der Waals surface area contributed by atoms with Crippen LogP contribution < -0.4 is 0 Å². The molecule has 0 aliphatic rings. The fourth-order valence-corrected chi connectivity index (χ4v) is 1.88. The maximum atomic E-state index is 8.52. The second kappa shape index (κ2) is 25.2. The van der Waals surface area contributed by atoms with E-state index in [0.717, 1.165) is 19.3 Å². The molecule has 0 saturated heterocycles. The van der Waals surface area contributed by atoms with Crippen LogP contribution in [0.15, 0.2) is 24.8 Å². The van der Waals surface area contributed by atoms with Gasteiger partial charge in [-0.2, -0.15) is 0 Å². The summed E-state index contributed by atoms with van der Waals surface area (Å²) in [6, 6.07) is 0. The summed E-state index contributed by atoms with van der Waals surface area (Å²) in [4.78, 5) is 0. The predicted octanol–water partition coefficient (Wildman–Crippen LogP) is 1.99. The average Bonchev–Trinajstić information content (AvgIpc) is 2.68. The lowest BCUT2D eigenvalue weighted by Gasteiger charge is -2.07. The summed E-state index contributed by atoms with van der Waals surface area (Å²) < 4.78 is 32.0. The molecule has 0 unspecified atom stereocenters. The Morgan fingerprint density at radius 1 is 0.556 bits per heavy atom. The SMILES string of the molecule is C=CCCCC=CCOCCOCCOCCOCCOCCOCCO. The largest absolute Gasteiger partial charge is 0.394 e. The van der Waals surface area contributed by atoms with Gasteiger partial charge in [0.1, 0.15) is 0 Å². The van der Waals surface area contributed by atoms with Crippen molar-refractivity contribution in [2.75, 3.05) is 85.9 Å². The molecule has 0 aromatic heterocycles. The molecule has 0 atom stereocenters. The van der Waals surface area contributed by atoms with Crippen molar-refractivity contribution in [3.8, 4) is 0 Å². The molecule has 0 rings (SSSR count). The van der Waals surface area contributed by atoms with Crippen LogP contribution in [0.25, 0.3) is 0 Å². The molecular formula is C20H38O7. The summed E-state index contributed by atoms with van der Waals surface area (Å²) in [5, 5.41) is 8.52. The number of unbranched alkanes of at least 4 members (excludes halogenated alkanes) is 2. The first-order chi connectivity index (χ1) is 13.4. The number of hydrogen-bond acceptors (Lipinski definition) is 7. The lowest BCUT2D eigenvalue weighted by Crippen LogP contribution is -2.14. The minimum absolute atomic E-state index is 0.0382. The van der Waals surface area contributed by atoms with Crippen LogP contribution >= 0.6 is 0 Å². The van der Waals surface area contributed by atoms with Crippen LogP contribution in [0.3, 0.4) is 0 Å². The van der Waals surface area contributed by atoms with Gasteiger partial charge in [-0.1, -0.05) is 18.2 Å². The zero-order valence-electron chi connectivity index (χ0n) is 16.6. The van der Waals surface area contributed by atoms with Gasteiger partial charge in [0.25, 0.3) is 0 Å². The number of aliphatic hydroxyl groups is 1. The summed E-state index contributed by atoms with van der Waals surface area (Å²) >= 11 is 0. The molecule has 0 radical (unpaired) electrons. The molecule has 0 aliphatic carbocycles. The molecule has 160 valence electrons. The lowest BCUT2D eigenvalue weighted by molar-refractivity contribution is -0.0172. The Bertz CT molecular complexity index is 311. The van der Waals surface area contributed by atoms with Crippen molar-refractivity contribution in [3.63, 3.8) is 0 Å². The Labute approximate surface area is 164 Å².